The molecule has 0 atom stereocenters. The van der Waals surface area contributed by atoms with Gasteiger partial charge < -0.3 is 4.79 Å². The Kier molecular flexibility index (Phi) is 6.89. The molecule has 0 aromatic rings. The second-order valence-corrected chi connectivity index (χ2v) is 8.96. The number of carbonyl (C=O) groups is 1. The van der Waals surface area contributed by atoms with E-state index in [2.05, 4.69) is 42.9 Å². The highest BCUT2D eigenvalue weighted by Crippen LogP contribution is 1.96. The van der Waals surface area contributed by atoms with E-state index in [4.69, 9.17) is 0 Å². The predicted molar refractivity (Wildman–Crippen MR) is 63.4 cm³/mol. The van der Waals surface area contributed by atoms with Crippen LogP contribution in [0.1, 0.15) is 25.7 Å². The molecule has 0 aliphatic carbocycles. The lowest BCUT2D eigenvalue weighted by Crippen LogP contribution is -2.16. The maximum absolute atomic E-state index is 10.00. The van der Waals surface area contributed by atoms with Crippen molar-refractivity contribution in [3.05, 3.63) is 0 Å². The Hall–Kier alpha value is -0.993. The summed E-state index contributed by atoms with van der Waals surface area (Å²) in [7, 11) is -1.25. The van der Waals surface area contributed by atoms with Crippen molar-refractivity contribution < 1.29 is 4.79 Å². The van der Waals surface area contributed by atoms with E-state index in [1.54, 1.807) is 0 Å². The second kappa shape index (κ2) is 7.41. The van der Waals surface area contributed by atoms with Gasteiger partial charge in [0.2, 0.25) is 0 Å². The third kappa shape index (κ3) is 11.0. The number of hydrogen-bond acceptors (Lipinski definition) is 1. The molecule has 1 nitrogen and oxygen atoms in total. The molecule has 76 valence electrons. The molecule has 0 aromatic heterocycles. The molecule has 0 aliphatic heterocycles. The first-order valence-corrected chi connectivity index (χ1v) is 8.50. The van der Waals surface area contributed by atoms with Gasteiger partial charge in [0.25, 0.3) is 0 Å². The van der Waals surface area contributed by atoms with Crippen LogP contribution in [0, 0.1) is 23.3 Å². The lowest BCUT2D eigenvalue weighted by Gasteiger charge is -2.01. The molecule has 0 N–H and O–H groups in total. The molecule has 0 bridgehead atoms. The van der Waals surface area contributed by atoms with Crippen LogP contribution in [0.15, 0.2) is 0 Å². The molecule has 0 saturated heterocycles. The Morgan fingerprint density at radius 3 is 2.43 bits per heavy atom. The van der Waals surface area contributed by atoms with E-state index in [0.29, 0.717) is 6.42 Å². The third-order valence-corrected chi connectivity index (χ3v) is 2.34. The van der Waals surface area contributed by atoms with Gasteiger partial charge in [0.15, 0.2) is 0 Å². The van der Waals surface area contributed by atoms with Gasteiger partial charge in [-0.1, -0.05) is 25.6 Å². The molecular formula is C12H18OSi. The Morgan fingerprint density at radius 1 is 1.14 bits per heavy atom. The number of unbranched alkanes of at least 4 members (excludes halogenated alkanes) is 3. The largest absolute Gasteiger partial charge is 0.303 e. The molecule has 0 spiro atoms. The molecule has 0 rings (SSSR count). The molecule has 0 aromatic carbocycles. The summed E-state index contributed by atoms with van der Waals surface area (Å²) in [6, 6.07) is 0. The minimum absolute atomic E-state index is 0.655. The normalized spacial score (nSPS) is 9.36. The monoisotopic (exact) mass is 206 g/mol. The molecule has 0 aliphatic rings. The van der Waals surface area contributed by atoms with Crippen LogP contribution >= 0.6 is 0 Å². The quantitative estimate of drug-likeness (QED) is 0.299. The molecule has 0 amide bonds. The Balaban J connectivity index is 3.62. The maximum Gasteiger partial charge on any atom is 0.130 e. The highest BCUT2D eigenvalue weighted by atomic mass is 28.3. The molecular weight excluding hydrogens is 188 g/mol. The second-order valence-electron chi connectivity index (χ2n) is 4.21. The average molecular weight is 206 g/mol. The van der Waals surface area contributed by atoms with E-state index >= 15 is 0 Å². The van der Waals surface area contributed by atoms with Gasteiger partial charge in [-0.15, -0.1) is 5.54 Å². The first-order valence-electron chi connectivity index (χ1n) is 5.00. The summed E-state index contributed by atoms with van der Waals surface area (Å²) in [4.78, 5) is 10.00. The minimum Gasteiger partial charge on any atom is -0.303 e. The summed E-state index contributed by atoms with van der Waals surface area (Å²) in [5.41, 5.74) is 3.18. The van der Waals surface area contributed by atoms with Crippen molar-refractivity contribution in [1.29, 1.82) is 0 Å². The van der Waals surface area contributed by atoms with Crippen molar-refractivity contribution in [3.63, 3.8) is 0 Å². The summed E-state index contributed by atoms with van der Waals surface area (Å²) < 4.78 is 0. The van der Waals surface area contributed by atoms with Crippen molar-refractivity contribution in [2.75, 3.05) is 0 Å². The molecule has 0 radical (unpaired) electrons. The van der Waals surface area contributed by atoms with Crippen molar-refractivity contribution in [2.24, 2.45) is 0 Å². The fraction of sp³-hybridized carbons (Fsp3) is 0.583. The lowest BCUT2D eigenvalue weighted by atomic mass is 10.2. The zero-order chi connectivity index (χ0) is 10.9. The van der Waals surface area contributed by atoms with Gasteiger partial charge in [0.05, 0.1) is 0 Å². The Labute approximate surface area is 88.3 Å². The van der Waals surface area contributed by atoms with Crippen molar-refractivity contribution in [3.8, 4) is 23.3 Å². The van der Waals surface area contributed by atoms with Crippen molar-refractivity contribution >= 4 is 14.4 Å². The Morgan fingerprint density at radius 2 is 1.86 bits per heavy atom. The van der Waals surface area contributed by atoms with E-state index in [-0.39, 0.29) is 0 Å². The minimum atomic E-state index is -1.25. The molecule has 0 fully saturated rings. The summed E-state index contributed by atoms with van der Waals surface area (Å²) in [5, 5.41) is 0. The summed E-state index contributed by atoms with van der Waals surface area (Å²) in [6.07, 6.45) is 4.41. The predicted octanol–water partition coefficient (Wildman–Crippen LogP) is 2.63. The van der Waals surface area contributed by atoms with Crippen LogP contribution < -0.4 is 0 Å². The highest BCUT2D eigenvalue weighted by Gasteiger charge is 2.06. The fourth-order valence-corrected chi connectivity index (χ4v) is 1.20. The molecule has 0 unspecified atom stereocenters. The maximum atomic E-state index is 10.00. The smallest absolute Gasteiger partial charge is 0.130 e. The first kappa shape index (κ1) is 13.0. The van der Waals surface area contributed by atoms with Crippen LogP contribution in [0.4, 0.5) is 0 Å². The highest BCUT2D eigenvalue weighted by molar-refractivity contribution is 6.83. The third-order valence-electron chi connectivity index (χ3n) is 1.46. The van der Waals surface area contributed by atoms with E-state index in [1.807, 2.05) is 0 Å². The summed E-state index contributed by atoms with van der Waals surface area (Å²) in [6.45, 7) is 6.60. The lowest BCUT2D eigenvalue weighted by molar-refractivity contribution is -0.107. The van der Waals surface area contributed by atoms with E-state index in [9.17, 15) is 4.79 Å². The van der Waals surface area contributed by atoms with E-state index in [0.717, 1.165) is 25.5 Å². The van der Waals surface area contributed by atoms with Gasteiger partial charge in [-0.3, -0.25) is 0 Å². The molecule has 0 heterocycles. The van der Waals surface area contributed by atoms with Gasteiger partial charge in [-0.05, 0) is 24.7 Å². The average Bonchev–Trinajstić information content (AvgIpc) is 2.08. The van der Waals surface area contributed by atoms with Crippen LogP contribution in [0.3, 0.4) is 0 Å². The molecule has 2 heteroatoms. The van der Waals surface area contributed by atoms with E-state index in [1.165, 1.54) is 0 Å². The van der Waals surface area contributed by atoms with Gasteiger partial charge in [0.1, 0.15) is 14.4 Å². The van der Waals surface area contributed by atoms with Crippen molar-refractivity contribution in [2.45, 2.75) is 45.3 Å². The summed E-state index contributed by atoms with van der Waals surface area (Å²) in [5.74, 6) is 8.75. The van der Waals surface area contributed by atoms with Gasteiger partial charge >= 0.3 is 0 Å². The number of aldehydes is 1. The number of carbonyl (C=O) groups excluding carboxylic acids is 1. The SMILES string of the molecule is C[Si](C)(C)C#CC#CCCCCC=O. The zero-order valence-corrected chi connectivity index (χ0v) is 10.3. The van der Waals surface area contributed by atoms with Crippen LogP contribution in [0.5, 0.6) is 0 Å². The van der Waals surface area contributed by atoms with Crippen LogP contribution in [0.2, 0.25) is 19.6 Å². The number of hydrogen-bond donors (Lipinski definition) is 0. The van der Waals surface area contributed by atoms with E-state index < -0.39 is 8.07 Å². The van der Waals surface area contributed by atoms with Crippen LogP contribution in [0.25, 0.3) is 0 Å². The molecule has 0 saturated carbocycles. The van der Waals surface area contributed by atoms with Crippen LogP contribution in [-0.4, -0.2) is 14.4 Å². The fourth-order valence-electron chi connectivity index (χ4n) is 0.767. The summed E-state index contributed by atoms with van der Waals surface area (Å²) >= 11 is 0. The van der Waals surface area contributed by atoms with Crippen LogP contribution in [-0.2, 0) is 4.79 Å². The Bertz CT molecular complexity index is 277. The standard InChI is InChI=1S/C12H18OSi/c1-14(2,3)12-10-8-6-4-5-7-9-11-13/h11H,4-5,7,9H2,1-3H3. The zero-order valence-electron chi connectivity index (χ0n) is 9.31. The van der Waals surface area contributed by atoms with Gasteiger partial charge in [-0.2, -0.15) is 0 Å². The van der Waals surface area contributed by atoms with Crippen molar-refractivity contribution in [1.82, 2.24) is 0 Å². The topological polar surface area (TPSA) is 17.1 Å². The first-order chi connectivity index (χ1) is 6.56. The number of rotatable bonds is 4. The molecule has 14 heavy (non-hydrogen) atoms. The van der Waals surface area contributed by atoms with Gasteiger partial charge in [-0.25, -0.2) is 0 Å². The van der Waals surface area contributed by atoms with Gasteiger partial charge in [0, 0.05) is 12.8 Å².